The summed E-state index contributed by atoms with van der Waals surface area (Å²) in [5.41, 5.74) is 2.01. The zero-order valence-electron chi connectivity index (χ0n) is 13.0. The van der Waals surface area contributed by atoms with Crippen LogP contribution in [-0.4, -0.2) is 9.55 Å². The fourth-order valence-corrected chi connectivity index (χ4v) is 3.87. The predicted molar refractivity (Wildman–Crippen MR) is 94.5 cm³/mol. The number of hydrogen-bond acceptors (Lipinski definition) is 2. The van der Waals surface area contributed by atoms with E-state index in [1.807, 2.05) is 6.20 Å². The normalized spacial score (nSPS) is 18.5. The number of imidazole rings is 1. The Kier molecular flexibility index (Phi) is 5.74. The molecule has 0 radical (unpaired) electrons. The number of benzene rings is 1. The van der Waals surface area contributed by atoms with Gasteiger partial charge in [0.15, 0.2) is 5.16 Å². The van der Waals surface area contributed by atoms with Crippen LogP contribution in [0.5, 0.6) is 0 Å². The van der Waals surface area contributed by atoms with Crippen molar-refractivity contribution in [3.05, 3.63) is 70.5 Å². The van der Waals surface area contributed by atoms with Crippen LogP contribution in [0.1, 0.15) is 24.1 Å². The average molecular weight is 367 g/mol. The lowest BCUT2D eigenvalue weighted by atomic mass is 10.1. The molecule has 2 heterocycles. The number of thioether (sulfide) groups is 1. The van der Waals surface area contributed by atoms with Gasteiger partial charge in [0.05, 0.1) is 0 Å². The number of aromatic nitrogens is 2. The summed E-state index contributed by atoms with van der Waals surface area (Å²) >= 11 is 7.62. The maximum absolute atomic E-state index is 13.5. The Hall–Kier alpha value is -1.59. The molecule has 2 nitrogen and oxygen atoms in total. The minimum absolute atomic E-state index is 0.189. The molecule has 6 heteroatoms. The molecule has 0 atom stereocenters. The molecule has 1 aliphatic rings. The average Bonchev–Trinajstić information content (AvgIpc) is 2.93. The first-order valence-electron chi connectivity index (χ1n) is 7.77. The van der Waals surface area contributed by atoms with Gasteiger partial charge in [-0.1, -0.05) is 35.5 Å². The maximum atomic E-state index is 13.5. The number of allylic oxidation sites excluding steroid dienone is 4. The number of fused-ring (bicyclic) bond motifs is 1. The lowest BCUT2D eigenvalue weighted by Crippen LogP contribution is -2.04. The van der Waals surface area contributed by atoms with Gasteiger partial charge in [-0.3, -0.25) is 0 Å². The van der Waals surface area contributed by atoms with Crippen molar-refractivity contribution in [1.29, 1.82) is 0 Å². The van der Waals surface area contributed by atoms with Crippen molar-refractivity contribution in [2.75, 3.05) is 0 Å². The molecule has 0 N–H and O–H groups in total. The third-order valence-electron chi connectivity index (χ3n) is 3.81. The first kappa shape index (κ1) is 17.2. The molecular weight excluding hydrogens is 350 g/mol. The second-order valence-corrected chi connectivity index (χ2v) is 6.90. The lowest BCUT2D eigenvalue weighted by Gasteiger charge is -2.11. The van der Waals surface area contributed by atoms with Crippen molar-refractivity contribution in [2.24, 2.45) is 0 Å². The summed E-state index contributed by atoms with van der Waals surface area (Å²) in [5.74, 6) is 0.0751. The van der Waals surface area contributed by atoms with E-state index in [2.05, 4.69) is 9.55 Å². The first-order valence-corrected chi connectivity index (χ1v) is 9.13. The molecular formula is C18H17ClF2N2S. The molecule has 0 fully saturated rings. The quantitative estimate of drug-likeness (QED) is 0.647. The topological polar surface area (TPSA) is 17.8 Å². The van der Waals surface area contributed by atoms with Gasteiger partial charge in [0.2, 0.25) is 0 Å². The van der Waals surface area contributed by atoms with Crippen LogP contribution >= 0.6 is 23.4 Å². The number of halogens is 3. The Balaban J connectivity index is 1.76. The zero-order valence-corrected chi connectivity index (χ0v) is 14.6. The fraction of sp³-hybridized carbons (Fsp3) is 0.278. The molecule has 0 saturated heterocycles. The zero-order chi connectivity index (χ0) is 16.9. The minimum Gasteiger partial charge on any atom is -0.319 e. The highest BCUT2D eigenvalue weighted by molar-refractivity contribution is 7.98. The van der Waals surface area contributed by atoms with Gasteiger partial charge in [0.25, 0.3) is 0 Å². The van der Waals surface area contributed by atoms with Crippen molar-refractivity contribution in [2.45, 2.75) is 36.7 Å². The Morgan fingerprint density at radius 3 is 3.00 bits per heavy atom. The summed E-state index contributed by atoms with van der Waals surface area (Å²) in [6.07, 6.45) is 9.27. The Morgan fingerprint density at radius 2 is 2.17 bits per heavy atom. The Morgan fingerprint density at radius 1 is 1.29 bits per heavy atom. The van der Waals surface area contributed by atoms with Crippen molar-refractivity contribution in [3.8, 4) is 0 Å². The van der Waals surface area contributed by atoms with Gasteiger partial charge in [-0.2, -0.15) is 0 Å². The standard InChI is InChI=1S/C18H17ClF2N2S/c19-17-10-15(21)8-7-13(17)12-24-18-22-11-16-6-2-1-4-14(20)5-3-9-23(16)18/h3-5,7-8,10-11H,1-2,6,9,12H2/b5-3-,14-4+. The van der Waals surface area contributed by atoms with E-state index in [4.69, 9.17) is 11.6 Å². The van der Waals surface area contributed by atoms with Crippen molar-refractivity contribution < 1.29 is 8.78 Å². The van der Waals surface area contributed by atoms with Crippen LogP contribution < -0.4 is 0 Å². The molecule has 126 valence electrons. The van der Waals surface area contributed by atoms with E-state index in [0.717, 1.165) is 35.7 Å². The van der Waals surface area contributed by atoms with Gasteiger partial charge < -0.3 is 4.57 Å². The predicted octanol–water partition coefficient (Wildman–Crippen LogP) is 5.71. The highest BCUT2D eigenvalue weighted by atomic mass is 35.5. The van der Waals surface area contributed by atoms with Gasteiger partial charge in [0, 0.05) is 29.2 Å². The van der Waals surface area contributed by atoms with E-state index >= 15 is 0 Å². The summed E-state index contributed by atoms with van der Waals surface area (Å²) in [5, 5.41) is 1.28. The third-order valence-corrected chi connectivity index (χ3v) is 5.21. The second-order valence-electron chi connectivity index (χ2n) is 5.55. The molecule has 1 aliphatic heterocycles. The van der Waals surface area contributed by atoms with E-state index < -0.39 is 0 Å². The van der Waals surface area contributed by atoms with Crippen LogP contribution in [0.15, 0.2) is 53.6 Å². The fourth-order valence-electron chi connectivity index (χ4n) is 2.54. The molecule has 0 bridgehead atoms. The Bertz CT molecular complexity index is 783. The number of rotatable bonds is 3. The van der Waals surface area contributed by atoms with Crippen molar-refractivity contribution >= 4 is 23.4 Å². The van der Waals surface area contributed by atoms with Crippen LogP contribution in [0.2, 0.25) is 5.02 Å². The highest BCUT2D eigenvalue weighted by Crippen LogP contribution is 2.28. The van der Waals surface area contributed by atoms with Crippen molar-refractivity contribution in [1.82, 2.24) is 9.55 Å². The van der Waals surface area contributed by atoms with Crippen LogP contribution in [-0.2, 0) is 18.7 Å². The van der Waals surface area contributed by atoms with Gasteiger partial charge in [0.1, 0.15) is 11.6 Å². The second kappa shape index (κ2) is 7.99. The highest BCUT2D eigenvalue weighted by Gasteiger charge is 2.12. The van der Waals surface area contributed by atoms with Crippen LogP contribution in [0.25, 0.3) is 0 Å². The van der Waals surface area contributed by atoms with Gasteiger partial charge in [-0.25, -0.2) is 13.8 Å². The summed E-state index contributed by atoms with van der Waals surface area (Å²) in [7, 11) is 0. The molecule has 1 aromatic heterocycles. The molecule has 0 amide bonds. The first-order chi connectivity index (χ1) is 11.6. The molecule has 1 aromatic carbocycles. The molecule has 3 rings (SSSR count). The summed E-state index contributed by atoms with van der Waals surface area (Å²) in [4.78, 5) is 4.49. The largest absolute Gasteiger partial charge is 0.319 e. The molecule has 2 aromatic rings. The minimum atomic E-state index is -0.341. The van der Waals surface area contributed by atoms with Crippen LogP contribution in [0.4, 0.5) is 8.78 Å². The molecule has 24 heavy (non-hydrogen) atoms. The summed E-state index contributed by atoms with van der Waals surface area (Å²) in [6, 6.07) is 4.42. The number of nitrogens with zero attached hydrogens (tertiary/aromatic N) is 2. The summed E-state index contributed by atoms with van der Waals surface area (Å²) < 4.78 is 28.7. The Labute approximate surface area is 149 Å². The number of hydrogen-bond donors (Lipinski definition) is 0. The maximum Gasteiger partial charge on any atom is 0.168 e. The monoisotopic (exact) mass is 366 g/mol. The lowest BCUT2D eigenvalue weighted by molar-refractivity contribution is 0.627. The summed E-state index contributed by atoms with van der Waals surface area (Å²) in [6.45, 7) is 0.579. The molecule has 0 aliphatic carbocycles. The van der Waals surface area contributed by atoms with E-state index in [-0.39, 0.29) is 11.6 Å². The molecule has 0 unspecified atom stereocenters. The molecule has 0 saturated carbocycles. The molecule has 0 spiro atoms. The van der Waals surface area contributed by atoms with Gasteiger partial charge in [-0.15, -0.1) is 0 Å². The van der Waals surface area contributed by atoms with Gasteiger partial charge in [-0.05, 0) is 49.1 Å². The van der Waals surface area contributed by atoms with Crippen LogP contribution in [0.3, 0.4) is 0 Å². The van der Waals surface area contributed by atoms with E-state index in [1.54, 1.807) is 30.0 Å². The van der Waals surface area contributed by atoms with E-state index in [1.165, 1.54) is 18.2 Å². The van der Waals surface area contributed by atoms with Gasteiger partial charge >= 0.3 is 0 Å². The number of aryl methyl sites for hydroxylation is 1. The third kappa shape index (κ3) is 4.28. The van der Waals surface area contributed by atoms with Crippen molar-refractivity contribution in [3.63, 3.8) is 0 Å². The van der Waals surface area contributed by atoms with E-state index in [9.17, 15) is 8.78 Å². The van der Waals surface area contributed by atoms with E-state index in [0.29, 0.717) is 17.3 Å². The SMILES string of the molecule is FC1=C/CCCc2cnc(SCc3ccc(F)cc3Cl)n2C/C=C\1. The smallest absolute Gasteiger partial charge is 0.168 e. The van der Waals surface area contributed by atoms with Crippen LogP contribution in [0, 0.1) is 5.82 Å².